The molecule has 0 bridgehead atoms. The first-order chi connectivity index (χ1) is 7.84. The van der Waals surface area contributed by atoms with Crippen LogP contribution in [0.1, 0.15) is 31.6 Å². The largest absolute Gasteiger partial charge is 0.307 e. The summed E-state index contributed by atoms with van der Waals surface area (Å²) in [5.41, 5.74) is 0.817. The molecule has 84 valence electrons. The quantitative estimate of drug-likeness (QED) is 0.779. The van der Waals surface area contributed by atoms with Crippen LogP contribution in [0.15, 0.2) is 18.6 Å². The Morgan fingerprint density at radius 1 is 1.44 bits per heavy atom. The molecule has 3 rings (SSSR count). The summed E-state index contributed by atoms with van der Waals surface area (Å²) in [6.45, 7) is 3.35. The molecule has 2 aromatic rings. The number of nitrogens with zero attached hydrogens (tertiary/aromatic N) is 4. The monoisotopic (exact) mass is 217 g/mol. The molecule has 0 spiro atoms. The van der Waals surface area contributed by atoms with Crippen LogP contribution in [0, 0.1) is 5.92 Å². The van der Waals surface area contributed by atoms with Crippen molar-refractivity contribution in [3.63, 3.8) is 0 Å². The average Bonchev–Trinajstić information content (AvgIpc) is 2.72. The number of nitrogens with one attached hydrogen (secondary N) is 1. The van der Waals surface area contributed by atoms with Gasteiger partial charge in [-0.3, -0.25) is 9.38 Å². The lowest BCUT2D eigenvalue weighted by molar-refractivity contribution is 0.314. The molecule has 0 aromatic carbocycles. The molecule has 3 heterocycles. The Kier molecular flexibility index (Phi) is 2.32. The summed E-state index contributed by atoms with van der Waals surface area (Å²) in [5, 5.41) is 11.9. The molecule has 1 saturated heterocycles. The molecule has 2 aromatic heterocycles. The fraction of sp³-hybridized carbons (Fsp3) is 0.545. The Hall–Kier alpha value is -1.49. The van der Waals surface area contributed by atoms with Crippen LogP contribution in [0.2, 0.25) is 0 Å². The maximum Gasteiger partial charge on any atom is 0.179 e. The first kappa shape index (κ1) is 9.72. The van der Waals surface area contributed by atoms with Gasteiger partial charge in [0.1, 0.15) is 0 Å². The Balaban J connectivity index is 1.99. The molecule has 0 amide bonds. The number of fused-ring (bicyclic) bond motifs is 1. The summed E-state index contributed by atoms with van der Waals surface area (Å²) in [6, 6.07) is 0.321. The highest BCUT2D eigenvalue weighted by atomic mass is 15.3. The van der Waals surface area contributed by atoms with Crippen molar-refractivity contribution in [2.75, 3.05) is 6.54 Å². The van der Waals surface area contributed by atoms with Gasteiger partial charge in [-0.2, -0.15) is 0 Å². The van der Waals surface area contributed by atoms with E-state index in [-0.39, 0.29) is 0 Å². The van der Waals surface area contributed by atoms with Crippen molar-refractivity contribution >= 4 is 5.65 Å². The van der Waals surface area contributed by atoms with E-state index in [9.17, 15) is 0 Å². The third-order valence-electron chi connectivity index (χ3n) is 3.22. The zero-order chi connectivity index (χ0) is 11.0. The fourth-order valence-corrected chi connectivity index (χ4v) is 2.31. The van der Waals surface area contributed by atoms with Crippen LogP contribution in [0.5, 0.6) is 0 Å². The molecule has 1 aliphatic rings. The predicted octanol–water partition coefficient (Wildman–Crippen LogP) is 1.18. The number of hydrogen-bond donors (Lipinski definition) is 1. The smallest absolute Gasteiger partial charge is 0.179 e. The highest BCUT2D eigenvalue weighted by Gasteiger charge is 2.23. The maximum absolute atomic E-state index is 4.26. The molecule has 1 fully saturated rings. The molecule has 2 unspecified atom stereocenters. The number of aromatic nitrogens is 4. The lowest BCUT2D eigenvalue weighted by Crippen LogP contribution is -2.32. The molecule has 0 saturated carbocycles. The van der Waals surface area contributed by atoms with Crippen molar-refractivity contribution in [2.45, 2.75) is 25.8 Å². The Labute approximate surface area is 93.9 Å². The summed E-state index contributed by atoms with van der Waals surface area (Å²) in [5.74, 6) is 1.75. The van der Waals surface area contributed by atoms with Crippen molar-refractivity contribution in [3.8, 4) is 0 Å². The minimum atomic E-state index is 0.321. The van der Waals surface area contributed by atoms with E-state index in [1.54, 1.807) is 12.4 Å². The first-order valence-corrected chi connectivity index (χ1v) is 5.72. The molecule has 0 aliphatic carbocycles. The molecular weight excluding hydrogens is 202 g/mol. The number of piperidine rings is 1. The number of rotatable bonds is 1. The fourth-order valence-electron chi connectivity index (χ4n) is 2.31. The van der Waals surface area contributed by atoms with Gasteiger partial charge in [-0.05, 0) is 25.3 Å². The number of hydrogen-bond acceptors (Lipinski definition) is 4. The van der Waals surface area contributed by atoms with Gasteiger partial charge in [0.05, 0.1) is 12.2 Å². The molecule has 5 heteroatoms. The minimum Gasteiger partial charge on any atom is -0.307 e. The van der Waals surface area contributed by atoms with Gasteiger partial charge in [0, 0.05) is 12.4 Å². The predicted molar refractivity (Wildman–Crippen MR) is 59.9 cm³/mol. The SMILES string of the molecule is CC1CCNC(c2nnc3cnccn23)C1. The van der Waals surface area contributed by atoms with Gasteiger partial charge in [-0.15, -0.1) is 10.2 Å². The second-order valence-corrected chi connectivity index (χ2v) is 4.50. The highest BCUT2D eigenvalue weighted by Crippen LogP contribution is 2.25. The average molecular weight is 217 g/mol. The van der Waals surface area contributed by atoms with Crippen LogP contribution in [0.25, 0.3) is 5.65 Å². The molecule has 5 nitrogen and oxygen atoms in total. The Morgan fingerprint density at radius 2 is 2.38 bits per heavy atom. The van der Waals surface area contributed by atoms with E-state index in [0.29, 0.717) is 6.04 Å². The van der Waals surface area contributed by atoms with E-state index >= 15 is 0 Å². The van der Waals surface area contributed by atoms with E-state index in [0.717, 1.165) is 30.4 Å². The summed E-state index contributed by atoms with van der Waals surface area (Å²) in [7, 11) is 0. The summed E-state index contributed by atoms with van der Waals surface area (Å²) in [6.07, 6.45) is 7.80. The van der Waals surface area contributed by atoms with Crippen LogP contribution < -0.4 is 5.32 Å². The second kappa shape index (κ2) is 3.83. The van der Waals surface area contributed by atoms with Gasteiger partial charge in [0.15, 0.2) is 11.5 Å². The van der Waals surface area contributed by atoms with Gasteiger partial charge in [0.2, 0.25) is 0 Å². The standard InChI is InChI=1S/C11H15N5/c1-8-2-3-13-9(6-8)11-15-14-10-7-12-4-5-16(10)11/h4-5,7-9,13H,2-3,6H2,1H3. The van der Waals surface area contributed by atoms with E-state index in [1.165, 1.54) is 6.42 Å². The van der Waals surface area contributed by atoms with Crippen molar-refractivity contribution in [1.29, 1.82) is 0 Å². The molecule has 0 radical (unpaired) electrons. The van der Waals surface area contributed by atoms with E-state index in [1.807, 2.05) is 10.6 Å². The molecule has 1 N–H and O–H groups in total. The Morgan fingerprint density at radius 3 is 3.25 bits per heavy atom. The topological polar surface area (TPSA) is 55.1 Å². The van der Waals surface area contributed by atoms with Gasteiger partial charge >= 0.3 is 0 Å². The van der Waals surface area contributed by atoms with E-state index < -0.39 is 0 Å². The van der Waals surface area contributed by atoms with E-state index in [4.69, 9.17) is 0 Å². The van der Waals surface area contributed by atoms with Crippen molar-refractivity contribution < 1.29 is 0 Å². The van der Waals surface area contributed by atoms with Crippen LogP contribution in [0.4, 0.5) is 0 Å². The van der Waals surface area contributed by atoms with Gasteiger partial charge in [0.25, 0.3) is 0 Å². The van der Waals surface area contributed by atoms with Gasteiger partial charge in [-0.25, -0.2) is 0 Å². The second-order valence-electron chi connectivity index (χ2n) is 4.50. The van der Waals surface area contributed by atoms with Crippen LogP contribution >= 0.6 is 0 Å². The molecule has 1 aliphatic heterocycles. The third-order valence-corrected chi connectivity index (χ3v) is 3.22. The Bertz CT molecular complexity index is 492. The third kappa shape index (κ3) is 1.57. The maximum atomic E-state index is 4.26. The molecule has 2 atom stereocenters. The van der Waals surface area contributed by atoms with Crippen molar-refractivity contribution in [3.05, 3.63) is 24.4 Å². The lowest BCUT2D eigenvalue weighted by atomic mass is 9.94. The van der Waals surface area contributed by atoms with Crippen LogP contribution in [-0.4, -0.2) is 26.1 Å². The first-order valence-electron chi connectivity index (χ1n) is 5.72. The van der Waals surface area contributed by atoms with Gasteiger partial charge in [-0.1, -0.05) is 6.92 Å². The van der Waals surface area contributed by atoms with Crippen molar-refractivity contribution in [1.82, 2.24) is 24.9 Å². The van der Waals surface area contributed by atoms with Crippen LogP contribution in [-0.2, 0) is 0 Å². The lowest BCUT2D eigenvalue weighted by Gasteiger charge is -2.26. The zero-order valence-corrected chi connectivity index (χ0v) is 9.30. The summed E-state index contributed by atoms with van der Waals surface area (Å²) >= 11 is 0. The minimum absolute atomic E-state index is 0.321. The van der Waals surface area contributed by atoms with Gasteiger partial charge < -0.3 is 5.32 Å². The van der Waals surface area contributed by atoms with Crippen LogP contribution in [0.3, 0.4) is 0 Å². The van der Waals surface area contributed by atoms with Crippen molar-refractivity contribution in [2.24, 2.45) is 5.92 Å². The normalized spacial score (nSPS) is 26.1. The molecular formula is C11H15N5. The summed E-state index contributed by atoms with van der Waals surface area (Å²) in [4.78, 5) is 4.04. The zero-order valence-electron chi connectivity index (χ0n) is 9.30. The highest BCUT2D eigenvalue weighted by molar-refractivity contribution is 5.34. The molecule has 16 heavy (non-hydrogen) atoms. The van der Waals surface area contributed by atoms with E-state index in [2.05, 4.69) is 27.4 Å². The summed E-state index contributed by atoms with van der Waals surface area (Å²) < 4.78 is 2.02.